The molecule has 6 rings (SSSR count). The van der Waals surface area contributed by atoms with E-state index in [0.29, 0.717) is 37.6 Å². The summed E-state index contributed by atoms with van der Waals surface area (Å²) in [5.41, 5.74) is 0.108. The molecule has 3 aromatic rings. The van der Waals surface area contributed by atoms with Crippen LogP contribution in [0.4, 0.5) is 24.5 Å². The number of aromatic nitrogens is 4. The molecule has 262 valence electrons. The van der Waals surface area contributed by atoms with E-state index in [1.54, 1.807) is 4.57 Å². The van der Waals surface area contributed by atoms with Crippen molar-refractivity contribution in [3.8, 4) is 0 Å². The average Bonchev–Trinajstić information content (AvgIpc) is 3.77. The Bertz CT molecular complexity index is 1860. The molecule has 4 heterocycles. The number of alkyl halides is 3. The van der Waals surface area contributed by atoms with Crippen LogP contribution in [-0.2, 0) is 38.3 Å². The summed E-state index contributed by atoms with van der Waals surface area (Å²) in [6, 6.07) is 2.65. The Kier molecular flexibility index (Phi) is 9.97. The summed E-state index contributed by atoms with van der Waals surface area (Å²) in [7, 11) is 0. The third-order valence-electron chi connectivity index (χ3n) is 9.05. The number of anilines is 2. The fraction of sp³-hybridized carbons (Fsp3) is 0.500. The fourth-order valence-electron chi connectivity index (χ4n) is 6.52. The van der Waals surface area contributed by atoms with Crippen molar-refractivity contribution in [2.24, 2.45) is 0 Å². The van der Waals surface area contributed by atoms with Crippen LogP contribution in [0.2, 0.25) is 5.02 Å². The summed E-state index contributed by atoms with van der Waals surface area (Å²) >= 11 is 6.10. The number of ether oxygens (including phenoxy) is 1. The molecule has 1 saturated heterocycles. The summed E-state index contributed by atoms with van der Waals surface area (Å²) in [6.07, 6.45) is 1.79. The van der Waals surface area contributed by atoms with Gasteiger partial charge in [-0.3, -0.25) is 19.2 Å². The molecular weight excluding hydrogens is 669 g/mol. The van der Waals surface area contributed by atoms with Crippen molar-refractivity contribution in [3.63, 3.8) is 0 Å². The lowest BCUT2D eigenvalue weighted by atomic mass is 10.1. The van der Waals surface area contributed by atoms with Gasteiger partial charge in [0.15, 0.2) is 5.82 Å². The Balaban J connectivity index is 1.30. The highest BCUT2D eigenvalue weighted by atomic mass is 35.5. The molecule has 3 amide bonds. The quantitative estimate of drug-likeness (QED) is 0.357. The zero-order valence-corrected chi connectivity index (χ0v) is 27.6. The van der Waals surface area contributed by atoms with E-state index in [1.807, 2.05) is 17.9 Å². The summed E-state index contributed by atoms with van der Waals surface area (Å²) < 4.78 is 47.6. The van der Waals surface area contributed by atoms with Gasteiger partial charge in [0.2, 0.25) is 11.7 Å². The van der Waals surface area contributed by atoms with Crippen molar-refractivity contribution in [2.75, 3.05) is 49.6 Å². The van der Waals surface area contributed by atoms with Crippen LogP contribution in [0.1, 0.15) is 56.1 Å². The second-order valence-electron chi connectivity index (χ2n) is 12.2. The van der Waals surface area contributed by atoms with Crippen molar-refractivity contribution in [1.82, 2.24) is 29.4 Å². The molecular formula is C32H36ClF3N8O5. The summed E-state index contributed by atoms with van der Waals surface area (Å²) in [6.45, 7) is 3.15. The van der Waals surface area contributed by atoms with Crippen LogP contribution in [0.15, 0.2) is 29.1 Å². The molecule has 2 N–H and O–H groups in total. The van der Waals surface area contributed by atoms with Crippen molar-refractivity contribution >= 4 is 52.0 Å². The van der Waals surface area contributed by atoms with E-state index < -0.39 is 35.0 Å². The molecule has 49 heavy (non-hydrogen) atoms. The number of fused-ring (bicyclic) bond motifs is 1. The van der Waals surface area contributed by atoms with Gasteiger partial charge in [-0.1, -0.05) is 37.4 Å². The van der Waals surface area contributed by atoms with Crippen molar-refractivity contribution in [3.05, 3.63) is 56.7 Å². The molecule has 0 atom stereocenters. The zero-order chi connectivity index (χ0) is 34.9. The molecule has 1 aromatic carbocycles. The van der Waals surface area contributed by atoms with Crippen LogP contribution in [0.5, 0.6) is 0 Å². The molecule has 2 aromatic heterocycles. The van der Waals surface area contributed by atoms with E-state index in [-0.39, 0.29) is 60.9 Å². The smallest absolute Gasteiger partial charge is 0.377 e. The molecule has 3 aliphatic rings. The van der Waals surface area contributed by atoms with Gasteiger partial charge in [0.05, 0.1) is 35.2 Å². The van der Waals surface area contributed by atoms with E-state index in [4.69, 9.17) is 16.3 Å². The molecule has 0 radical (unpaired) electrons. The molecule has 0 unspecified atom stereocenters. The maximum Gasteiger partial charge on any atom is 0.416 e. The number of nitrogens with one attached hydrogen (secondary N) is 2. The minimum Gasteiger partial charge on any atom is -0.377 e. The average molecular weight is 705 g/mol. The van der Waals surface area contributed by atoms with Gasteiger partial charge < -0.3 is 29.7 Å². The number of halogens is 4. The predicted octanol–water partition coefficient (Wildman–Crippen LogP) is 3.28. The number of carbonyl (C=O) groups is 3. The topological polar surface area (TPSA) is 143 Å². The highest BCUT2D eigenvalue weighted by molar-refractivity contribution is 6.35. The number of carbonyl (C=O) groups excluding carboxylic acids is 3. The molecule has 0 spiro atoms. The van der Waals surface area contributed by atoms with Gasteiger partial charge in [-0.15, -0.1) is 5.10 Å². The SMILES string of the molecule is CCc1c(N2CCN(C(=O)C(=O)NC3CCCC3)CC2)c(=O)n2nc(C3=CCOCC3)nc2n1CC(=O)Nc1ccc(C(F)(F)F)cc1Cl. The number of piperazine rings is 1. The minimum absolute atomic E-state index is 0.00648. The summed E-state index contributed by atoms with van der Waals surface area (Å²) in [4.78, 5) is 61.1. The van der Waals surface area contributed by atoms with Crippen LogP contribution in [0.3, 0.4) is 0 Å². The fourth-order valence-corrected chi connectivity index (χ4v) is 6.74. The Morgan fingerprint density at radius 2 is 1.84 bits per heavy atom. The number of hydrogen-bond donors (Lipinski definition) is 2. The predicted molar refractivity (Wildman–Crippen MR) is 174 cm³/mol. The number of nitrogens with zero attached hydrogens (tertiary/aromatic N) is 6. The lowest BCUT2D eigenvalue weighted by Gasteiger charge is -2.36. The number of rotatable bonds is 7. The van der Waals surface area contributed by atoms with Crippen LogP contribution in [0.25, 0.3) is 11.4 Å². The Morgan fingerprint density at radius 1 is 1.10 bits per heavy atom. The molecule has 1 saturated carbocycles. The zero-order valence-electron chi connectivity index (χ0n) is 26.8. The molecule has 13 nitrogen and oxygen atoms in total. The second-order valence-corrected chi connectivity index (χ2v) is 12.6. The van der Waals surface area contributed by atoms with Gasteiger partial charge in [0, 0.05) is 32.2 Å². The highest BCUT2D eigenvalue weighted by Gasteiger charge is 2.33. The van der Waals surface area contributed by atoms with Gasteiger partial charge in [0.1, 0.15) is 12.2 Å². The highest BCUT2D eigenvalue weighted by Crippen LogP contribution is 2.34. The summed E-state index contributed by atoms with van der Waals surface area (Å²) in [5, 5.41) is 9.64. The first-order valence-corrected chi connectivity index (χ1v) is 16.6. The number of amides is 3. The van der Waals surface area contributed by atoms with Gasteiger partial charge in [0.25, 0.3) is 5.56 Å². The van der Waals surface area contributed by atoms with Crippen LogP contribution < -0.4 is 21.1 Å². The Hall–Kier alpha value is -4.44. The van der Waals surface area contributed by atoms with E-state index in [2.05, 4.69) is 20.7 Å². The molecule has 2 aliphatic heterocycles. The van der Waals surface area contributed by atoms with E-state index in [9.17, 15) is 32.3 Å². The maximum absolute atomic E-state index is 14.1. The first kappa shape index (κ1) is 34.4. The lowest BCUT2D eigenvalue weighted by Crippen LogP contribution is -2.54. The van der Waals surface area contributed by atoms with E-state index >= 15 is 0 Å². The van der Waals surface area contributed by atoms with Crippen molar-refractivity contribution < 1.29 is 32.3 Å². The minimum atomic E-state index is -4.61. The van der Waals surface area contributed by atoms with Gasteiger partial charge in [-0.2, -0.15) is 22.7 Å². The van der Waals surface area contributed by atoms with Crippen molar-refractivity contribution in [1.29, 1.82) is 0 Å². The number of benzene rings is 1. The van der Waals surface area contributed by atoms with Gasteiger partial charge >= 0.3 is 18.0 Å². The van der Waals surface area contributed by atoms with E-state index in [1.165, 1.54) is 4.90 Å². The standard InChI is InChI=1S/C32H36ClF3N8O5/c1-2-24-26(41-11-13-42(14-12-41)30(48)28(46)37-21-5-3-4-6-21)29(47)44-31(39-27(40-44)19-9-15-49-16-10-19)43(24)18-25(45)38-23-8-7-20(17-22(23)33)32(34,35)36/h7-9,17,21H,2-6,10-16,18H2,1H3,(H,37,46)(H,38,45). The molecule has 17 heteroatoms. The molecule has 1 aliphatic carbocycles. The van der Waals surface area contributed by atoms with Gasteiger partial charge in [-0.05, 0) is 49.5 Å². The summed E-state index contributed by atoms with van der Waals surface area (Å²) in [5.74, 6) is -1.44. The van der Waals surface area contributed by atoms with Crippen LogP contribution in [-0.4, -0.2) is 87.2 Å². The lowest BCUT2D eigenvalue weighted by molar-refractivity contribution is -0.146. The van der Waals surface area contributed by atoms with Crippen LogP contribution in [0, 0.1) is 0 Å². The number of hydrogen-bond acceptors (Lipinski definition) is 8. The monoisotopic (exact) mass is 704 g/mol. The van der Waals surface area contributed by atoms with E-state index in [0.717, 1.165) is 54.0 Å². The van der Waals surface area contributed by atoms with Crippen molar-refractivity contribution in [2.45, 2.75) is 64.2 Å². The van der Waals surface area contributed by atoms with Crippen LogP contribution >= 0.6 is 11.6 Å². The van der Waals surface area contributed by atoms with Gasteiger partial charge in [-0.25, -0.2) is 0 Å². The molecule has 0 bridgehead atoms. The largest absolute Gasteiger partial charge is 0.416 e. The third-order valence-corrected chi connectivity index (χ3v) is 9.36. The maximum atomic E-state index is 14.1. The molecule has 2 fully saturated rings. The first-order valence-electron chi connectivity index (χ1n) is 16.3. The Labute approximate surface area is 284 Å². The first-order chi connectivity index (χ1) is 23.4. The normalized spacial score (nSPS) is 17.4. The third kappa shape index (κ3) is 7.29. The second kappa shape index (κ2) is 14.2. The Morgan fingerprint density at radius 3 is 2.47 bits per heavy atom.